The zero-order valence-corrected chi connectivity index (χ0v) is 15.2. The summed E-state index contributed by atoms with van der Waals surface area (Å²) in [6, 6.07) is 22.5. The quantitative estimate of drug-likeness (QED) is 0.520. The number of hydrogen-bond acceptors (Lipinski definition) is 2. The second-order valence-electron chi connectivity index (χ2n) is 6.52. The maximum Gasteiger partial charge on any atom is 0.224 e. The number of imidazole rings is 1. The molecule has 0 aliphatic rings. The maximum absolute atomic E-state index is 12.0. The zero-order valence-electron chi connectivity index (χ0n) is 15.2. The Morgan fingerprint density at radius 1 is 0.926 bits per heavy atom. The Bertz CT molecular complexity index is 1070. The van der Waals surface area contributed by atoms with Gasteiger partial charge >= 0.3 is 0 Å². The molecule has 4 aromatic rings. The van der Waals surface area contributed by atoms with E-state index in [0.29, 0.717) is 6.42 Å². The number of hydrogen-bond donors (Lipinski definition) is 1. The Kier molecular flexibility index (Phi) is 4.71. The third-order valence-corrected chi connectivity index (χ3v) is 4.52. The Balaban J connectivity index is 1.65. The van der Waals surface area contributed by atoms with Crippen LogP contribution >= 0.6 is 0 Å². The molecule has 4 nitrogen and oxygen atoms in total. The molecule has 0 saturated carbocycles. The highest BCUT2D eigenvalue weighted by Gasteiger charge is 2.10. The molecular formula is C23H21N3O. The number of anilines is 1. The highest BCUT2D eigenvalue weighted by Crippen LogP contribution is 2.26. The zero-order chi connectivity index (χ0) is 18.6. The van der Waals surface area contributed by atoms with E-state index in [4.69, 9.17) is 4.98 Å². The van der Waals surface area contributed by atoms with E-state index in [1.165, 1.54) is 11.1 Å². The molecule has 0 spiro atoms. The van der Waals surface area contributed by atoms with Crippen molar-refractivity contribution in [2.75, 3.05) is 5.32 Å². The van der Waals surface area contributed by atoms with Gasteiger partial charge in [0.05, 0.1) is 11.4 Å². The van der Waals surface area contributed by atoms with Crippen LogP contribution in [0.1, 0.15) is 19.8 Å². The lowest BCUT2D eigenvalue weighted by Crippen LogP contribution is -2.11. The molecule has 0 radical (unpaired) electrons. The molecule has 27 heavy (non-hydrogen) atoms. The van der Waals surface area contributed by atoms with Crippen LogP contribution in [-0.2, 0) is 4.79 Å². The minimum Gasteiger partial charge on any atom is -0.323 e. The summed E-state index contributed by atoms with van der Waals surface area (Å²) >= 11 is 0. The smallest absolute Gasteiger partial charge is 0.224 e. The predicted molar refractivity (Wildman–Crippen MR) is 110 cm³/mol. The second kappa shape index (κ2) is 7.46. The van der Waals surface area contributed by atoms with Crippen LogP contribution in [-0.4, -0.2) is 15.3 Å². The lowest BCUT2D eigenvalue weighted by Gasteiger charge is -2.05. The number of carbonyl (C=O) groups is 1. The monoisotopic (exact) mass is 355 g/mol. The van der Waals surface area contributed by atoms with Crippen molar-refractivity contribution in [1.82, 2.24) is 9.38 Å². The van der Waals surface area contributed by atoms with E-state index < -0.39 is 0 Å². The summed E-state index contributed by atoms with van der Waals surface area (Å²) in [5.41, 5.74) is 5.79. The molecule has 0 aliphatic heterocycles. The van der Waals surface area contributed by atoms with Gasteiger partial charge in [-0.25, -0.2) is 4.98 Å². The maximum atomic E-state index is 12.0. The first-order valence-electron chi connectivity index (χ1n) is 9.18. The van der Waals surface area contributed by atoms with Crippen LogP contribution in [0.25, 0.3) is 28.0 Å². The van der Waals surface area contributed by atoms with Crippen molar-refractivity contribution in [2.45, 2.75) is 19.8 Å². The average molecular weight is 355 g/mol. The lowest BCUT2D eigenvalue weighted by molar-refractivity contribution is -0.116. The molecule has 0 unspecified atom stereocenters. The number of benzene rings is 2. The molecule has 1 N–H and O–H groups in total. The summed E-state index contributed by atoms with van der Waals surface area (Å²) in [6.45, 7) is 1.99. The van der Waals surface area contributed by atoms with Crippen LogP contribution in [0.4, 0.5) is 5.69 Å². The Labute approximate surface area is 158 Å². The van der Waals surface area contributed by atoms with Gasteiger partial charge in [-0.15, -0.1) is 0 Å². The topological polar surface area (TPSA) is 46.4 Å². The number of pyridine rings is 1. The molecule has 2 heterocycles. The number of rotatable bonds is 5. The van der Waals surface area contributed by atoms with Crippen molar-refractivity contribution in [3.63, 3.8) is 0 Å². The van der Waals surface area contributed by atoms with Crippen LogP contribution in [0.3, 0.4) is 0 Å². The highest BCUT2D eigenvalue weighted by molar-refractivity contribution is 5.94. The molecule has 134 valence electrons. The third-order valence-electron chi connectivity index (χ3n) is 4.52. The van der Waals surface area contributed by atoms with E-state index in [0.717, 1.165) is 29.0 Å². The number of aromatic nitrogens is 2. The van der Waals surface area contributed by atoms with Gasteiger partial charge in [-0.05, 0) is 29.7 Å². The van der Waals surface area contributed by atoms with Gasteiger partial charge < -0.3 is 9.72 Å². The Morgan fingerprint density at radius 2 is 1.63 bits per heavy atom. The van der Waals surface area contributed by atoms with Crippen LogP contribution in [0.2, 0.25) is 0 Å². The van der Waals surface area contributed by atoms with Gasteiger partial charge in [-0.3, -0.25) is 4.79 Å². The standard InChI is InChI=1S/C23H21N3O/c1-2-7-22(27)24-20-10-6-15-26-16-21(25-23(20)26)19-13-11-18(12-14-19)17-8-4-3-5-9-17/h3-6,8-16H,2,7H2,1H3,(H,24,27). The van der Waals surface area contributed by atoms with Crippen LogP contribution < -0.4 is 5.32 Å². The molecule has 1 amide bonds. The van der Waals surface area contributed by atoms with E-state index in [-0.39, 0.29) is 5.91 Å². The van der Waals surface area contributed by atoms with Crippen molar-refractivity contribution in [1.29, 1.82) is 0 Å². The lowest BCUT2D eigenvalue weighted by atomic mass is 10.0. The molecule has 4 rings (SSSR count). The van der Waals surface area contributed by atoms with Crippen molar-refractivity contribution in [3.05, 3.63) is 79.1 Å². The molecule has 0 bridgehead atoms. The SMILES string of the molecule is CCCC(=O)Nc1cccn2cc(-c3ccc(-c4ccccc4)cc3)nc12. The first-order valence-corrected chi connectivity index (χ1v) is 9.18. The fourth-order valence-corrected chi connectivity index (χ4v) is 3.15. The fraction of sp³-hybridized carbons (Fsp3) is 0.130. The molecule has 0 atom stereocenters. The number of amides is 1. The average Bonchev–Trinajstić information content (AvgIpc) is 3.14. The van der Waals surface area contributed by atoms with Crippen LogP contribution in [0.5, 0.6) is 0 Å². The number of nitrogens with one attached hydrogen (secondary N) is 1. The van der Waals surface area contributed by atoms with Crippen molar-refractivity contribution < 1.29 is 4.79 Å². The van der Waals surface area contributed by atoms with Crippen molar-refractivity contribution in [3.8, 4) is 22.4 Å². The van der Waals surface area contributed by atoms with Gasteiger partial charge in [-0.2, -0.15) is 0 Å². The molecular weight excluding hydrogens is 334 g/mol. The largest absolute Gasteiger partial charge is 0.323 e. The van der Waals surface area contributed by atoms with Crippen LogP contribution in [0.15, 0.2) is 79.1 Å². The fourth-order valence-electron chi connectivity index (χ4n) is 3.15. The number of carbonyl (C=O) groups excluding carboxylic acids is 1. The first kappa shape index (κ1) is 17.0. The molecule has 4 heteroatoms. The van der Waals surface area contributed by atoms with Gasteiger partial charge in [0.25, 0.3) is 0 Å². The summed E-state index contributed by atoms with van der Waals surface area (Å²) < 4.78 is 1.95. The van der Waals surface area contributed by atoms with Gasteiger partial charge in [0.2, 0.25) is 5.91 Å². The summed E-state index contributed by atoms with van der Waals surface area (Å²) in [5.74, 6) is 0.0161. The van der Waals surface area contributed by atoms with Gasteiger partial charge in [0, 0.05) is 24.4 Å². The molecule has 2 aromatic carbocycles. The van der Waals surface area contributed by atoms with Gasteiger partial charge in [0.1, 0.15) is 0 Å². The summed E-state index contributed by atoms with van der Waals surface area (Å²) in [6.07, 6.45) is 5.26. The summed E-state index contributed by atoms with van der Waals surface area (Å²) in [7, 11) is 0. The third kappa shape index (κ3) is 3.60. The minimum absolute atomic E-state index is 0.0161. The minimum atomic E-state index is 0.0161. The van der Waals surface area contributed by atoms with Crippen molar-refractivity contribution in [2.24, 2.45) is 0 Å². The van der Waals surface area contributed by atoms with E-state index >= 15 is 0 Å². The molecule has 0 saturated heterocycles. The first-order chi connectivity index (χ1) is 13.2. The summed E-state index contributed by atoms with van der Waals surface area (Å²) in [5, 5.41) is 2.96. The molecule has 0 fully saturated rings. The van der Waals surface area contributed by atoms with Crippen molar-refractivity contribution >= 4 is 17.2 Å². The predicted octanol–water partition coefficient (Wildman–Crippen LogP) is 5.41. The second-order valence-corrected chi connectivity index (χ2v) is 6.52. The number of nitrogens with zero attached hydrogens (tertiary/aromatic N) is 2. The van der Waals surface area contributed by atoms with Crippen LogP contribution in [0, 0.1) is 0 Å². The van der Waals surface area contributed by atoms with Gasteiger partial charge in [0.15, 0.2) is 5.65 Å². The Hall–Kier alpha value is -3.40. The van der Waals surface area contributed by atoms with E-state index in [9.17, 15) is 4.79 Å². The molecule has 2 aromatic heterocycles. The van der Waals surface area contributed by atoms with E-state index in [2.05, 4.69) is 41.7 Å². The Morgan fingerprint density at radius 3 is 2.37 bits per heavy atom. The van der Waals surface area contributed by atoms with E-state index in [1.807, 2.05) is 54.0 Å². The number of fused-ring (bicyclic) bond motifs is 1. The summed E-state index contributed by atoms with van der Waals surface area (Å²) in [4.78, 5) is 16.7. The van der Waals surface area contributed by atoms with Gasteiger partial charge in [-0.1, -0.05) is 61.5 Å². The molecule has 0 aliphatic carbocycles. The normalized spacial score (nSPS) is 10.9. The highest BCUT2D eigenvalue weighted by atomic mass is 16.1. The van der Waals surface area contributed by atoms with E-state index in [1.54, 1.807) is 0 Å².